The fraction of sp³-hybridized carbons (Fsp3) is 0.375. The van der Waals surface area contributed by atoms with E-state index in [4.69, 9.17) is 9.15 Å². The van der Waals surface area contributed by atoms with Gasteiger partial charge in [0.15, 0.2) is 0 Å². The van der Waals surface area contributed by atoms with Crippen LogP contribution >= 0.6 is 0 Å². The van der Waals surface area contributed by atoms with Crippen molar-refractivity contribution >= 4 is 0 Å². The van der Waals surface area contributed by atoms with Crippen LogP contribution in [0.1, 0.15) is 58.9 Å². The summed E-state index contributed by atoms with van der Waals surface area (Å²) in [5, 5.41) is 7.97. The molecule has 0 atom stereocenters. The van der Waals surface area contributed by atoms with Crippen molar-refractivity contribution in [1.82, 2.24) is 15.2 Å². The SMILES string of the molecule is C=CC.CC.CC(C)c1nnc(-c2ccccc2)o1.CCc1ccncc1OC. The highest BCUT2D eigenvalue weighted by Crippen LogP contribution is 2.20. The van der Waals surface area contributed by atoms with Crippen LogP contribution in [0.25, 0.3) is 11.5 Å². The highest BCUT2D eigenvalue weighted by Gasteiger charge is 2.10. The monoisotopic (exact) mass is 397 g/mol. The topological polar surface area (TPSA) is 61.0 Å². The fourth-order valence-electron chi connectivity index (χ4n) is 2.05. The zero-order chi connectivity index (χ0) is 22.1. The van der Waals surface area contributed by atoms with Gasteiger partial charge in [-0.25, -0.2) is 0 Å². The van der Waals surface area contributed by atoms with Crippen LogP contribution in [0.5, 0.6) is 5.75 Å². The fourth-order valence-corrected chi connectivity index (χ4v) is 2.05. The molecular formula is C24H35N3O2. The summed E-state index contributed by atoms with van der Waals surface area (Å²) < 4.78 is 10.6. The number of hydrogen-bond donors (Lipinski definition) is 0. The van der Waals surface area contributed by atoms with E-state index >= 15 is 0 Å². The third-order valence-corrected chi connectivity index (χ3v) is 3.43. The summed E-state index contributed by atoms with van der Waals surface area (Å²) in [7, 11) is 1.66. The van der Waals surface area contributed by atoms with Gasteiger partial charge in [-0.3, -0.25) is 4.98 Å². The maximum absolute atomic E-state index is 5.51. The molecule has 0 bridgehead atoms. The molecule has 5 heteroatoms. The zero-order valence-electron chi connectivity index (χ0n) is 18.8. The Kier molecular flexibility index (Phi) is 14.4. The van der Waals surface area contributed by atoms with Gasteiger partial charge in [-0.05, 0) is 37.1 Å². The molecule has 3 aromatic rings. The number of methoxy groups -OCH3 is 1. The standard InChI is InChI=1S/C11H12N2O.C8H11NO.C3H6.C2H6/c1-8(2)10-12-13-11(14-10)9-6-4-3-5-7-9;1-3-7-4-5-9-6-8(7)10-2;1-3-2;1-2/h3-8H,1-2H3;4-6H,3H2,1-2H3;3H,1H2,2H3;1-2H3. The predicted molar refractivity (Wildman–Crippen MR) is 121 cm³/mol. The van der Waals surface area contributed by atoms with Gasteiger partial charge in [0.1, 0.15) is 5.75 Å². The van der Waals surface area contributed by atoms with Crippen molar-refractivity contribution in [3.05, 3.63) is 72.9 Å². The highest BCUT2D eigenvalue weighted by molar-refractivity contribution is 5.51. The lowest BCUT2D eigenvalue weighted by atomic mass is 10.2. The normalized spacial score (nSPS) is 9.10. The Hall–Kier alpha value is -2.95. The van der Waals surface area contributed by atoms with Gasteiger partial charge in [-0.2, -0.15) is 0 Å². The minimum Gasteiger partial charge on any atom is -0.495 e. The van der Waals surface area contributed by atoms with Crippen LogP contribution in [0.15, 0.2) is 65.9 Å². The smallest absolute Gasteiger partial charge is 0.247 e. The van der Waals surface area contributed by atoms with Crippen LogP contribution in [0.3, 0.4) is 0 Å². The molecule has 2 aromatic heterocycles. The van der Waals surface area contributed by atoms with Gasteiger partial charge < -0.3 is 9.15 Å². The van der Waals surface area contributed by atoms with Crippen molar-refractivity contribution in [3.63, 3.8) is 0 Å². The summed E-state index contributed by atoms with van der Waals surface area (Å²) in [4.78, 5) is 3.94. The molecule has 0 fully saturated rings. The van der Waals surface area contributed by atoms with Crippen LogP contribution in [0.2, 0.25) is 0 Å². The van der Waals surface area contributed by atoms with Crippen molar-refractivity contribution in [2.45, 2.75) is 53.9 Å². The quantitative estimate of drug-likeness (QED) is 0.457. The van der Waals surface area contributed by atoms with Crippen molar-refractivity contribution in [3.8, 4) is 17.2 Å². The average molecular weight is 398 g/mol. The lowest BCUT2D eigenvalue weighted by molar-refractivity contribution is 0.408. The van der Waals surface area contributed by atoms with Gasteiger partial charge in [0.25, 0.3) is 0 Å². The predicted octanol–water partition coefficient (Wildman–Crippen LogP) is 6.73. The van der Waals surface area contributed by atoms with E-state index in [1.54, 1.807) is 25.6 Å². The number of nitrogens with zero attached hydrogens (tertiary/aromatic N) is 3. The van der Waals surface area contributed by atoms with E-state index in [0.717, 1.165) is 17.7 Å². The number of aromatic nitrogens is 3. The van der Waals surface area contributed by atoms with E-state index in [1.165, 1.54) is 5.56 Å². The maximum Gasteiger partial charge on any atom is 0.247 e. The molecule has 0 aliphatic heterocycles. The third-order valence-electron chi connectivity index (χ3n) is 3.43. The second kappa shape index (κ2) is 16.0. The van der Waals surface area contributed by atoms with Gasteiger partial charge in [-0.1, -0.05) is 58.9 Å². The largest absolute Gasteiger partial charge is 0.495 e. The minimum absolute atomic E-state index is 0.278. The van der Waals surface area contributed by atoms with Crippen molar-refractivity contribution in [1.29, 1.82) is 0 Å². The van der Waals surface area contributed by atoms with Crippen molar-refractivity contribution in [2.24, 2.45) is 0 Å². The number of benzene rings is 1. The van der Waals surface area contributed by atoms with Crippen LogP contribution < -0.4 is 4.74 Å². The molecule has 3 rings (SSSR count). The number of hydrogen-bond acceptors (Lipinski definition) is 5. The molecular weight excluding hydrogens is 362 g/mol. The van der Waals surface area contributed by atoms with Gasteiger partial charge in [0, 0.05) is 17.7 Å². The summed E-state index contributed by atoms with van der Waals surface area (Å²) in [6, 6.07) is 11.8. The van der Waals surface area contributed by atoms with E-state index in [1.807, 2.05) is 71.0 Å². The molecule has 0 spiro atoms. The Morgan fingerprint density at radius 2 is 1.72 bits per heavy atom. The molecule has 5 nitrogen and oxygen atoms in total. The molecule has 1 aromatic carbocycles. The van der Waals surface area contributed by atoms with E-state index < -0.39 is 0 Å². The van der Waals surface area contributed by atoms with Gasteiger partial charge in [-0.15, -0.1) is 16.8 Å². The first kappa shape index (κ1) is 26.1. The molecule has 0 N–H and O–H groups in total. The molecule has 0 saturated heterocycles. The molecule has 0 radical (unpaired) electrons. The molecule has 158 valence electrons. The van der Waals surface area contributed by atoms with Crippen LogP contribution in [0, 0.1) is 0 Å². The van der Waals surface area contributed by atoms with Crippen LogP contribution in [-0.4, -0.2) is 22.3 Å². The summed E-state index contributed by atoms with van der Waals surface area (Å²) in [5.74, 6) is 2.43. The summed E-state index contributed by atoms with van der Waals surface area (Å²) in [5.41, 5.74) is 2.17. The highest BCUT2D eigenvalue weighted by atomic mass is 16.5. The summed E-state index contributed by atoms with van der Waals surface area (Å²) >= 11 is 0. The lowest BCUT2D eigenvalue weighted by Crippen LogP contribution is -1.90. The second-order valence-electron chi connectivity index (χ2n) is 5.92. The van der Waals surface area contributed by atoms with E-state index in [0.29, 0.717) is 11.8 Å². The Labute approximate surface area is 175 Å². The van der Waals surface area contributed by atoms with Gasteiger partial charge in [0.2, 0.25) is 11.8 Å². The van der Waals surface area contributed by atoms with Gasteiger partial charge >= 0.3 is 0 Å². The van der Waals surface area contributed by atoms with Gasteiger partial charge in [0.05, 0.1) is 13.3 Å². The molecule has 0 saturated carbocycles. The van der Waals surface area contributed by atoms with Crippen molar-refractivity contribution < 1.29 is 9.15 Å². The molecule has 2 heterocycles. The molecule has 0 amide bonds. The summed E-state index contributed by atoms with van der Waals surface area (Å²) in [6.45, 7) is 15.4. The number of aryl methyl sites for hydroxylation is 1. The van der Waals surface area contributed by atoms with E-state index in [9.17, 15) is 0 Å². The number of allylic oxidation sites excluding steroid dienone is 1. The molecule has 0 aliphatic rings. The summed E-state index contributed by atoms with van der Waals surface area (Å²) in [6.07, 6.45) is 6.26. The minimum atomic E-state index is 0.278. The third kappa shape index (κ3) is 9.70. The molecule has 0 unspecified atom stereocenters. The zero-order valence-corrected chi connectivity index (χ0v) is 18.8. The Bertz CT molecular complexity index is 761. The van der Waals surface area contributed by atoms with Crippen LogP contribution in [-0.2, 0) is 6.42 Å². The first-order valence-corrected chi connectivity index (χ1v) is 10.00. The lowest BCUT2D eigenvalue weighted by Gasteiger charge is -2.03. The van der Waals surface area contributed by atoms with E-state index in [2.05, 4.69) is 28.7 Å². The molecule has 29 heavy (non-hydrogen) atoms. The number of pyridine rings is 1. The molecule has 0 aliphatic carbocycles. The van der Waals surface area contributed by atoms with Crippen LogP contribution in [0.4, 0.5) is 0 Å². The first-order chi connectivity index (χ1) is 14.1. The average Bonchev–Trinajstić information content (AvgIpc) is 3.27. The van der Waals surface area contributed by atoms with E-state index in [-0.39, 0.29) is 5.92 Å². The Morgan fingerprint density at radius 3 is 2.17 bits per heavy atom. The first-order valence-electron chi connectivity index (χ1n) is 10.00. The Morgan fingerprint density at radius 1 is 1.10 bits per heavy atom. The number of rotatable bonds is 4. The van der Waals surface area contributed by atoms with Crippen molar-refractivity contribution in [2.75, 3.05) is 7.11 Å². The Balaban J connectivity index is 0.000000459. The second-order valence-corrected chi connectivity index (χ2v) is 5.92. The number of ether oxygens (including phenoxy) is 1. The maximum atomic E-state index is 5.51.